The molecule has 0 unspecified atom stereocenters. The molecule has 1 aliphatic rings. The zero-order valence-corrected chi connectivity index (χ0v) is 24.8. The second-order valence-corrected chi connectivity index (χ2v) is 18.0. The summed E-state index contributed by atoms with van der Waals surface area (Å²) in [6.45, 7) is 11.3. The zero-order chi connectivity index (χ0) is 23.9. The van der Waals surface area contributed by atoms with Crippen molar-refractivity contribution in [1.29, 1.82) is 0 Å². The van der Waals surface area contributed by atoms with E-state index < -0.39 is 8.07 Å². The van der Waals surface area contributed by atoms with Crippen LogP contribution in [0, 0.1) is 20.8 Å². The van der Waals surface area contributed by atoms with Gasteiger partial charge < -0.3 is 4.98 Å². The maximum atomic E-state index is 4.89. The number of imidazole rings is 1. The van der Waals surface area contributed by atoms with Crippen molar-refractivity contribution in [2.75, 3.05) is 0 Å². The molecule has 1 N–H and O–H groups in total. The monoisotopic (exact) mass is 526 g/mol. The van der Waals surface area contributed by atoms with Crippen molar-refractivity contribution >= 4 is 63.5 Å². The number of aryl methyl sites for hydroxylation is 3. The van der Waals surface area contributed by atoms with E-state index in [2.05, 4.69) is 74.4 Å². The summed E-state index contributed by atoms with van der Waals surface area (Å²) in [5.41, 5.74) is 2.42. The molecule has 5 heterocycles. The standard InChI is InChI=1S/C28H38N2S3Si/c1-6-8-10-12-14-34(15-13-11-9-7-2)22-16-18(3)31-27(22)28-23(34)17-21(33-28)26-25-24(19(4)32-26)29-20(5)30-25/h16-17H,6-15H2,1-5H3,(H,29,30). The summed E-state index contributed by atoms with van der Waals surface area (Å²) in [5, 5.41) is 3.56. The van der Waals surface area contributed by atoms with Gasteiger partial charge in [-0.2, -0.15) is 0 Å². The van der Waals surface area contributed by atoms with E-state index >= 15 is 0 Å². The third-order valence-corrected chi connectivity index (χ3v) is 16.9. The Balaban J connectivity index is 1.60. The van der Waals surface area contributed by atoms with Crippen LogP contribution in [-0.4, -0.2) is 18.0 Å². The lowest BCUT2D eigenvalue weighted by Crippen LogP contribution is -2.54. The lowest BCUT2D eigenvalue weighted by Gasteiger charge is -2.29. The fourth-order valence-electron chi connectivity index (χ4n) is 5.91. The first-order valence-electron chi connectivity index (χ1n) is 13.2. The molecule has 0 saturated carbocycles. The normalized spacial score (nSPS) is 14.3. The number of unbranched alkanes of at least 4 members (excludes halogenated alkanes) is 6. The molecule has 1 aliphatic heterocycles. The molecule has 5 rings (SSSR count). The van der Waals surface area contributed by atoms with E-state index in [9.17, 15) is 0 Å². The number of hydrogen-bond donors (Lipinski definition) is 1. The third-order valence-electron chi connectivity index (χ3n) is 7.61. The summed E-state index contributed by atoms with van der Waals surface area (Å²) in [7, 11) is -1.72. The molecule has 0 saturated heterocycles. The van der Waals surface area contributed by atoms with Crippen molar-refractivity contribution < 1.29 is 0 Å². The molecule has 0 atom stereocenters. The van der Waals surface area contributed by atoms with Gasteiger partial charge in [-0.05, 0) is 55.4 Å². The number of fused-ring (bicyclic) bond motifs is 4. The van der Waals surface area contributed by atoms with Crippen LogP contribution in [0.1, 0.15) is 80.8 Å². The Morgan fingerprint density at radius 3 is 2.09 bits per heavy atom. The number of rotatable bonds is 11. The fourth-order valence-corrected chi connectivity index (χ4v) is 16.4. The summed E-state index contributed by atoms with van der Waals surface area (Å²) in [4.78, 5) is 17.3. The zero-order valence-electron chi connectivity index (χ0n) is 21.4. The van der Waals surface area contributed by atoms with Gasteiger partial charge in [-0.3, -0.25) is 0 Å². The molecule has 0 spiro atoms. The maximum absolute atomic E-state index is 4.89. The van der Waals surface area contributed by atoms with E-state index in [4.69, 9.17) is 4.98 Å². The second-order valence-electron chi connectivity index (χ2n) is 10.2. The minimum Gasteiger partial charge on any atom is -0.341 e. The molecule has 0 fully saturated rings. The van der Waals surface area contributed by atoms with Gasteiger partial charge >= 0.3 is 0 Å². The van der Waals surface area contributed by atoms with Crippen LogP contribution in [0.5, 0.6) is 0 Å². The molecule has 0 amide bonds. The molecule has 6 heteroatoms. The Morgan fingerprint density at radius 2 is 1.41 bits per heavy atom. The maximum Gasteiger partial charge on any atom is 0.122 e. The van der Waals surface area contributed by atoms with Crippen LogP contribution in [0.2, 0.25) is 12.1 Å². The Morgan fingerprint density at radius 1 is 0.765 bits per heavy atom. The van der Waals surface area contributed by atoms with E-state index in [0.717, 1.165) is 5.82 Å². The summed E-state index contributed by atoms with van der Waals surface area (Å²) in [5.74, 6) is 1.03. The summed E-state index contributed by atoms with van der Waals surface area (Å²) < 4.78 is 0. The number of H-pyrrole nitrogens is 1. The Hall–Kier alpha value is -1.21. The van der Waals surface area contributed by atoms with Gasteiger partial charge in [0.15, 0.2) is 0 Å². The molecule has 0 aromatic carbocycles. The lowest BCUT2D eigenvalue weighted by atomic mass is 10.2. The van der Waals surface area contributed by atoms with Gasteiger partial charge in [0.25, 0.3) is 0 Å². The van der Waals surface area contributed by atoms with E-state index in [0.29, 0.717) is 0 Å². The highest BCUT2D eigenvalue weighted by Gasteiger charge is 2.47. The van der Waals surface area contributed by atoms with E-state index in [1.807, 2.05) is 11.3 Å². The van der Waals surface area contributed by atoms with Gasteiger partial charge in [-0.1, -0.05) is 65.2 Å². The van der Waals surface area contributed by atoms with Gasteiger partial charge in [-0.15, -0.1) is 34.0 Å². The van der Waals surface area contributed by atoms with Gasteiger partial charge in [0, 0.05) is 24.4 Å². The second kappa shape index (κ2) is 10.0. The average molecular weight is 527 g/mol. The quantitative estimate of drug-likeness (QED) is 0.153. The topological polar surface area (TPSA) is 28.7 Å². The SMILES string of the molecule is CCCCCC[Si]1(CCCCCC)c2cc(C)sc2-c2sc(-c3sc(C)c4[nH]c(C)nc34)cc21. The lowest BCUT2D eigenvalue weighted by molar-refractivity contribution is 0.684. The van der Waals surface area contributed by atoms with Gasteiger partial charge in [-0.25, -0.2) is 4.98 Å². The number of aromatic amines is 1. The molecule has 0 bridgehead atoms. The van der Waals surface area contributed by atoms with Crippen molar-refractivity contribution in [3.05, 3.63) is 27.7 Å². The number of thiophene rings is 3. The Bertz CT molecular complexity index is 1280. The fraction of sp³-hybridized carbons (Fsp3) is 0.536. The largest absolute Gasteiger partial charge is 0.341 e. The minimum atomic E-state index is -1.72. The third kappa shape index (κ3) is 4.19. The first-order valence-corrected chi connectivity index (χ1v) is 18.1. The van der Waals surface area contributed by atoms with E-state index in [-0.39, 0.29) is 0 Å². The number of aromatic nitrogens is 2. The highest BCUT2D eigenvalue weighted by Crippen LogP contribution is 2.47. The van der Waals surface area contributed by atoms with Crippen LogP contribution in [0.15, 0.2) is 12.1 Å². The van der Waals surface area contributed by atoms with Crippen LogP contribution >= 0.6 is 34.0 Å². The van der Waals surface area contributed by atoms with Crippen molar-refractivity contribution in [1.82, 2.24) is 9.97 Å². The van der Waals surface area contributed by atoms with E-state index in [1.54, 1.807) is 20.1 Å². The van der Waals surface area contributed by atoms with Crippen LogP contribution in [0.3, 0.4) is 0 Å². The minimum absolute atomic E-state index is 1.03. The smallest absolute Gasteiger partial charge is 0.122 e. The Kier molecular flexibility index (Phi) is 7.23. The van der Waals surface area contributed by atoms with Crippen LogP contribution in [-0.2, 0) is 0 Å². The highest BCUT2D eigenvalue weighted by atomic mass is 32.1. The van der Waals surface area contributed by atoms with Crippen LogP contribution in [0.25, 0.3) is 30.5 Å². The molecule has 0 radical (unpaired) electrons. The first-order chi connectivity index (χ1) is 16.5. The van der Waals surface area contributed by atoms with Crippen molar-refractivity contribution in [3.8, 4) is 19.5 Å². The summed E-state index contributed by atoms with van der Waals surface area (Å²) in [6.07, 6.45) is 11.0. The molecule has 4 aromatic heterocycles. The summed E-state index contributed by atoms with van der Waals surface area (Å²) in [6, 6.07) is 8.11. The predicted octanol–water partition coefficient (Wildman–Crippen LogP) is 9.04. The molecule has 2 nitrogen and oxygen atoms in total. The van der Waals surface area contributed by atoms with Gasteiger partial charge in [0.05, 0.1) is 10.4 Å². The predicted molar refractivity (Wildman–Crippen MR) is 158 cm³/mol. The van der Waals surface area contributed by atoms with Crippen LogP contribution in [0.4, 0.5) is 0 Å². The average Bonchev–Trinajstić information content (AvgIpc) is 3.59. The molecule has 34 heavy (non-hydrogen) atoms. The first kappa shape index (κ1) is 24.5. The molecule has 4 aromatic rings. The van der Waals surface area contributed by atoms with E-state index in [1.165, 1.54) is 94.0 Å². The van der Waals surface area contributed by atoms with Crippen molar-refractivity contribution in [2.45, 2.75) is 98.1 Å². The molecular formula is C28H38N2S3Si. The van der Waals surface area contributed by atoms with Crippen molar-refractivity contribution in [3.63, 3.8) is 0 Å². The Labute approximate surface area is 217 Å². The number of nitrogens with zero attached hydrogens (tertiary/aromatic N) is 1. The highest BCUT2D eigenvalue weighted by molar-refractivity contribution is 7.32. The van der Waals surface area contributed by atoms with Crippen molar-refractivity contribution in [2.24, 2.45) is 0 Å². The summed E-state index contributed by atoms with van der Waals surface area (Å²) >= 11 is 6.04. The molecular weight excluding hydrogens is 489 g/mol. The molecule has 0 aliphatic carbocycles. The van der Waals surface area contributed by atoms with Gasteiger partial charge in [0.1, 0.15) is 19.4 Å². The molecule has 182 valence electrons. The van der Waals surface area contributed by atoms with Gasteiger partial charge in [0.2, 0.25) is 0 Å². The number of hydrogen-bond acceptors (Lipinski definition) is 4. The van der Waals surface area contributed by atoms with Crippen LogP contribution < -0.4 is 10.4 Å². The number of nitrogens with one attached hydrogen (secondary N) is 1.